The van der Waals surface area contributed by atoms with Gasteiger partial charge >= 0.3 is 5.97 Å². The molecule has 1 heterocycles. The number of rotatable bonds is 5. The number of aromatic amines is 1. The molecule has 6 heteroatoms. The van der Waals surface area contributed by atoms with Gasteiger partial charge in [0.05, 0.1) is 39.4 Å². The smallest absolute Gasteiger partial charge is 0.331 e. The van der Waals surface area contributed by atoms with Crippen LogP contribution < -0.4 is 12.4 Å². The highest BCUT2D eigenvalue weighted by atomic mass is 35.5. The number of imidazole rings is 1. The number of carbonyl (C=O) groups excluding carboxylic acids is 1. The average molecular weight is 260 g/mol. The number of likely N-dealkylation sites (N-methyl/N-ethyl adjacent to an activating group) is 1. The fourth-order valence-corrected chi connectivity index (χ4v) is 0.984. The van der Waals surface area contributed by atoms with Gasteiger partial charge < -0.3 is 26.6 Å². The number of hydrogen-bond acceptors (Lipinski definition) is 3. The highest BCUT2D eigenvalue weighted by molar-refractivity contribution is 5.86. The maximum absolute atomic E-state index is 11.3. The van der Waals surface area contributed by atoms with Crippen LogP contribution in [-0.2, 0) is 9.53 Å². The van der Waals surface area contributed by atoms with Crippen molar-refractivity contribution in [1.29, 1.82) is 0 Å². The van der Waals surface area contributed by atoms with Crippen molar-refractivity contribution in [2.24, 2.45) is 0 Å². The number of halogens is 1. The van der Waals surface area contributed by atoms with Gasteiger partial charge in [-0.1, -0.05) is 0 Å². The lowest BCUT2D eigenvalue weighted by Gasteiger charge is -2.23. The molecular formula is C11H18ClN3O2. The van der Waals surface area contributed by atoms with Crippen LogP contribution in [0.3, 0.4) is 0 Å². The Kier molecular flexibility index (Phi) is 6.53. The van der Waals surface area contributed by atoms with Gasteiger partial charge in [-0.05, 0) is 6.08 Å². The summed E-state index contributed by atoms with van der Waals surface area (Å²) in [5.74, 6) is -0.331. The maximum atomic E-state index is 11.3. The number of quaternary nitrogens is 1. The molecule has 1 aromatic rings. The molecule has 1 N–H and O–H groups in total. The maximum Gasteiger partial charge on any atom is 0.331 e. The average Bonchev–Trinajstić information content (AvgIpc) is 2.65. The first-order chi connectivity index (χ1) is 7.47. The molecule has 0 spiro atoms. The molecule has 1 rings (SSSR count). The van der Waals surface area contributed by atoms with E-state index in [9.17, 15) is 4.79 Å². The molecule has 5 nitrogen and oxygen atoms in total. The highest BCUT2D eigenvalue weighted by Gasteiger charge is 2.07. The molecule has 0 amide bonds. The molecule has 0 aliphatic rings. The van der Waals surface area contributed by atoms with Crippen LogP contribution >= 0.6 is 0 Å². The van der Waals surface area contributed by atoms with E-state index in [0.717, 1.165) is 16.7 Å². The topological polar surface area (TPSA) is 55.0 Å². The third-order valence-corrected chi connectivity index (χ3v) is 1.92. The van der Waals surface area contributed by atoms with Gasteiger partial charge in [-0.2, -0.15) is 0 Å². The number of aromatic nitrogens is 2. The molecule has 0 aliphatic carbocycles. The third-order valence-electron chi connectivity index (χ3n) is 1.92. The number of nitrogens with zero attached hydrogens (tertiary/aromatic N) is 2. The molecule has 0 fully saturated rings. The Labute approximate surface area is 107 Å². The van der Waals surface area contributed by atoms with Gasteiger partial charge in [-0.25, -0.2) is 9.78 Å². The summed E-state index contributed by atoms with van der Waals surface area (Å²) < 4.78 is 5.82. The van der Waals surface area contributed by atoms with Crippen LogP contribution in [0.2, 0.25) is 0 Å². The Morgan fingerprint density at radius 3 is 2.76 bits per heavy atom. The van der Waals surface area contributed by atoms with E-state index in [1.807, 2.05) is 21.1 Å². The predicted molar refractivity (Wildman–Crippen MR) is 61.5 cm³/mol. The molecule has 1 aromatic heterocycles. The largest absolute Gasteiger partial charge is 1.00 e. The number of esters is 1. The molecule has 0 saturated carbocycles. The summed E-state index contributed by atoms with van der Waals surface area (Å²) in [7, 11) is 6.15. The Morgan fingerprint density at radius 1 is 1.53 bits per heavy atom. The van der Waals surface area contributed by atoms with Crippen LogP contribution in [0.15, 0.2) is 18.6 Å². The number of hydrogen-bond donors (Lipinski definition) is 1. The molecule has 0 aliphatic heterocycles. The van der Waals surface area contributed by atoms with Crippen molar-refractivity contribution in [2.75, 3.05) is 34.3 Å². The lowest BCUT2D eigenvalue weighted by atomic mass is 10.4. The van der Waals surface area contributed by atoms with Crippen molar-refractivity contribution in [1.82, 2.24) is 9.97 Å². The van der Waals surface area contributed by atoms with Crippen LogP contribution in [0.5, 0.6) is 0 Å². The van der Waals surface area contributed by atoms with Gasteiger partial charge in [0.1, 0.15) is 13.2 Å². The summed E-state index contributed by atoms with van der Waals surface area (Å²) in [5.41, 5.74) is 0.781. The van der Waals surface area contributed by atoms with E-state index in [-0.39, 0.29) is 18.4 Å². The molecule has 0 radical (unpaired) electrons. The van der Waals surface area contributed by atoms with E-state index in [1.165, 1.54) is 6.08 Å². The van der Waals surface area contributed by atoms with Gasteiger partial charge in [0.15, 0.2) is 0 Å². The summed E-state index contributed by atoms with van der Waals surface area (Å²) >= 11 is 0. The zero-order valence-electron chi connectivity index (χ0n) is 10.3. The normalized spacial score (nSPS) is 11.2. The van der Waals surface area contributed by atoms with Crippen molar-refractivity contribution in [2.45, 2.75) is 0 Å². The number of H-pyrrole nitrogens is 1. The first kappa shape index (κ1) is 15.7. The van der Waals surface area contributed by atoms with E-state index in [2.05, 4.69) is 9.97 Å². The Hall–Kier alpha value is -1.33. The third kappa shape index (κ3) is 7.54. The van der Waals surface area contributed by atoms with Gasteiger partial charge in [0.2, 0.25) is 0 Å². The standard InChI is InChI=1S/C11H17N3O2.ClH/c1-14(2,3)6-7-16-11(15)5-4-10-8-12-9-13-10;/h4-5,8-9H,6-7H2,1-3H3;1H. The van der Waals surface area contributed by atoms with Gasteiger partial charge in [0.25, 0.3) is 0 Å². The molecular weight excluding hydrogens is 242 g/mol. The zero-order chi connectivity index (χ0) is 12.0. The molecule has 0 aromatic carbocycles. The van der Waals surface area contributed by atoms with Crippen LogP contribution in [0, 0.1) is 0 Å². The SMILES string of the molecule is C[N+](C)(C)CCOC(=O)/C=C/c1cnc[nH]1.[Cl-]. The fraction of sp³-hybridized carbons (Fsp3) is 0.455. The molecule has 96 valence electrons. The molecule has 17 heavy (non-hydrogen) atoms. The summed E-state index contributed by atoms with van der Waals surface area (Å²) in [6, 6.07) is 0. The number of ether oxygens (including phenoxy) is 1. The predicted octanol–water partition coefficient (Wildman–Crippen LogP) is -2.32. The lowest BCUT2D eigenvalue weighted by Crippen LogP contribution is -3.00. The van der Waals surface area contributed by atoms with Gasteiger partial charge in [-0.15, -0.1) is 0 Å². The van der Waals surface area contributed by atoms with E-state index in [0.29, 0.717) is 6.61 Å². The zero-order valence-corrected chi connectivity index (χ0v) is 11.1. The quantitative estimate of drug-likeness (QED) is 0.367. The minimum absolute atomic E-state index is 0. The minimum Gasteiger partial charge on any atom is -1.00 e. The summed E-state index contributed by atoms with van der Waals surface area (Å²) in [5, 5.41) is 0. The van der Waals surface area contributed by atoms with E-state index in [1.54, 1.807) is 18.6 Å². The monoisotopic (exact) mass is 259 g/mol. The second kappa shape index (κ2) is 7.09. The Bertz CT molecular complexity index is 355. The molecule has 0 atom stereocenters. The second-order valence-corrected chi connectivity index (χ2v) is 4.52. The Balaban J connectivity index is 0.00000256. The van der Waals surface area contributed by atoms with Gasteiger partial charge in [-0.3, -0.25) is 0 Å². The Morgan fingerprint density at radius 2 is 2.24 bits per heavy atom. The van der Waals surface area contributed by atoms with Crippen molar-refractivity contribution < 1.29 is 26.4 Å². The summed E-state index contributed by atoms with van der Waals surface area (Å²) in [4.78, 5) is 18.0. The number of carbonyl (C=O) groups is 1. The van der Waals surface area contributed by atoms with E-state index >= 15 is 0 Å². The number of nitrogens with one attached hydrogen (secondary N) is 1. The summed E-state index contributed by atoms with van der Waals surface area (Å²) in [6.45, 7) is 1.22. The molecule has 0 saturated heterocycles. The van der Waals surface area contributed by atoms with E-state index in [4.69, 9.17) is 4.74 Å². The first-order valence-corrected chi connectivity index (χ1v) is 5.11. The van der Waals surface area contributed by atoms with Crippen LogP contribution in [0.4, 0.5) is 0 Å². The molecule has 0 unspecified atom stereocenters. The first-order valence-electron chi connectivity index (χ1n) is 5.11. The fourth-order valence-electron chi connectivity index (χ4n) is 0.984. The molecule has 0 bridgehead atoms. The van der Waals surface area contributed by atoms with Gasteiger partial charge in [0, 0.05) is 6.08 Å². The van der Waals surface area contributed by atoms with Crippen molar-refractivity contribution in [3.8, 4) is 0 Å². The van der Waals surface area contributed by atoms with Crippen molar-refractivity contribution in [3.05, 3.63) is 24.3 Å². The lowest BCUT2D eigenvalue weighted by molar-refractivity contribution is -0.870. The van der Waals surface area contributed by atoms with Crippen molar-refractivity contribution in [3.63, 3.8) is 0 Å². The summed E-state index contributed by atoms with van der Waals surface area (Å²) in [6.07, 6.45) is 6.22. The highest BCUT2D eigenvalue weighted by Crippen LogP contribution is 1.96. The van der Waals surface area contributed by atoms with Crippen molar-refractivity contribution >= 4 is 12.0 Å². The second-order valence-electron chi connectivity index (χ2n) is 4.52. The van der Waals surface area contributed by atoms with E-state index < -0.39 is 0 Å². The van der Waals surface area contributed by atoms with Crippen LogP contribution in [0.1, 0.15) is 5.69 Å². The van der Waals surface area contributed by atoms with Crippen LogP contribution in [0.25, 0.3) is 6.08 Å². The van der Waals surface area contributed by atoms with Crippen LogP contribution in [-0.4, -0.2) is 54.7 Å². The minimum atomic E-state index is -0.331.